The van der Waals surface area contributed by atoms with E-state index < -0.39 is 21.9 Å². The lowest BCUT2D eigenvalue weighted by molar-refractivity contribution is 0.386. The molecule has 0 aliphatic rings. The van der Waals surface area contributed by atoms with Crippen molar-refractivity contribution in [3.8, 4) is 5.75 Å². The lowest BCUT2D eigenvalue weighted by Crippen LogP contribution is -2.27. The summed E-state index contributed by atoms with van der Waals surface area (Å²) < 4.78 is 46.4. The summed E-state index contributed by atoms with van der Waals surface area (Å²) in [6.45, 7) is 1.65. The Morgan fingerprint density at radius 1 is 1.23 bits per heavy atom. The fourth-order valence-corrected chi connectivity index (χ4v) is 3.78. The van der Waals surface area contributed by atoms with E-state index in [1.54, 1.807) is 25.1 Å². The van der Waals surface area contributed by atoms with Crippen LogP contribution in [0.3, 0.4) is 0 Å². The summed E-state index contributed by atoms with van der Waals surface area (Å²) in [4.78, 5) is 0.141. The highest BCUT2D eigenvalue weighted by Crippen LogP contribution is 2.23. The second-order valence-corrected chi connectivity index (χ2v) is 7.32. The quantitative estimate of drug-likeness (QED) is 0.851. The first-order valence-electron chi connectivity index (χ1n) is 6.45. The van der Waals surface area contributed by atoms with Crippen molar-refractivity contribution in [3.63, 3.8) is 0 Å². The van der Waals surface area contributed by atoms with Gasteiger partial charge in [0, 0.05) is 10.5 Å². The molecule has 22 heavy (non-hydrogen) atoms. The summed E-state index contributed by atoms with van der Waals surface area (Å²) in [5.41, 5.74) is 0.511. The van der Waals surface area contributed by atoms with Crippen LogP contribution in [0.25, 0.3) is 0 Å². The molecule has 2 aromatic rings. The van der Waals surface area contributed by atoms with Crippen molar-refractivity contribution in [1.29, 1.82) is 0 Å². The van der Waals surface area contributed by atoms with Gasteiger partial charge in [0.05, 0.1) is 12.0 Å². The van der Waals surface area contributed by atoms with Crippen LogP contribution in [0, 0.1) is 5.82 Å². The molecule has 2 aromatic carbocycles. The number of halogens is 2. The van der Waals surface area contributed by atoms with E-state index >= 15 is 0 Å². The molecule has 2 rings (SSSR count). The molecule has 7 heteroatoms. The number of hydrogen-bond acceptors (Lipinski definition) is 3. The zero-order valence-electron chi connectivity index (χ0n) is 12.0. The zero-order valence-corrected chi connectivity index (χ0v) is 14.4. The monoisotopic (exact) mass is 387 g/mol. The van der Waals surface area contributed by atoms with Crippen LogP contribution >= 0.6 is 15.9 Å². The number of sulfonamides is 1. The van der Waals surface area contributed by atoms with Crippen LogP contribution in [-0.2, 0) is 10.0 Å². The lowest BCUT2D eigenvalue weighted by atomic mass is 10.1. The molecule has 0 aromatic heterocycles. The van der Waals surface area contributed by atoms with Gasteiger partial charge in [0.1, 0.15) is 0 Å². The Morgan fingerprint density at radius 3 is 2.55 bits per heavy atom. The summed E-state index contributed by atoms with van der Waals surface area (Å²) in [7, 11) is -2.32. The summed E-state index contributed by atoms with van der Waals surface area (Å²) in [6.07, 6.45) is 0. The Morgan fingerprint density at radius 2 is 1.95 bits per heavy atom. The van der Waals surface area contributed by atoms with Crippen molar-refractivity contribution in [2.75, 3.05) is 7.11 Å². The average Bonchev–Trinajstić information content (AvgIpc) is 2.46. The maximum atomic E-state index is 13.7. The molecule has 0 fully saturated rings. The molecule has 118 valence electrons. The first kappa shape index (κ1) is 16.9. The summed E-state index contributed by atoms with van der Waals surface area (Å²) in [6, 6.07) is 10.1. The van der Waals surface area contributed by atoms with E-state index in [0.29, 0.717) is 10.0 Å². The van der Waals surface area contributed by atoms with Crippen LogP contribution in [0.4, 0.5) is 4.39 Å². The van der Waals surface area contributed by atoms with Gasteiger partial charge in [0.25, 0.3) is 0 Å². The van der Waals surface area contributed by atoms with Crippen molar-refractivity contribution in [2.24, 2.45) is 0 Å². The van der Waals surface area contributed by atoms with Crippen molar-refractivity contribution in [2.45, 2.75) is 17.9 Å². The molecule has 0 spiro atoms. The van der Waals surface area contributed by atoms with Crippen LogP contribution in [-0.4, -0.2) is 15.5 Å². The molecule has 0 bridgehead atoms. The molecule has 1 unspecified atom stereocenters. The third kappa shape index (κ3) is 3.85. The Labute approximate surface area is 137 Å². The van der Waals surface area contributed by atoms with E-state index in [0.717, 1.165) is 0 Å². The van der Waals surface area contributed by atoms with Gasteiger partial charge in [-0.05, 0) is 42.8 Å². The van der Waals surface area contributed by atoms with E-state index in [4.69, 9.17) is 4.74 Å². The summed E-state index contributed by atoms with van der Waals surface area (Å²) in [5, 5.41) is 0. The first-order valence-corrected chi connectivity index (χ1v) is 8.72. The van der Waals surface area contributed by atoms with E-state index in [9.17, 15) is 12.8 Å². The second kappa shape index (κ2) is 6.76. The predicted octanol–water partition coefficient (Wildman–Crippen LogP) is 3.64. The number of ether oxygens (including phenoxy) is 1. The van der Waals surface area contributed by atoms with E-state index in [1.165, 1.54) is 31.4 Å². The maximum Gasteiger partial charge on any atom is 0.241 e. The Hall–Kier alpha value is -1.44. The lowest BCUT2D eigenvalue weighted by Gasteiger charge is -2.15. The van der Waals surface area contributed by atoms with Gasteiger partial charge in [0.2, 0.25) is 10.0 Å². The molecule has 0 saturated heterocycles. The maximum absolute atomic E-state index is 13.7. The Bertz CT molecular complexity index is 780. The fraction of sp³-hybridized carbons (Fsp3) is 0.200. The van der Waals surface area contributed by atoms with Gasteiger partial charge < -0.3 is 4.74 Å². The van der Waals surface area contributed by atoms with Crippen LogP contribution < -0.4 is 9.46 Å². The average molecular weight is 388 g/mol. The molecule has 0 amide bonds. The Balaban J connectivity index is 2.24. The molecular formula is C15H15BrFNO3S. The van der Waals surface area contributed by atoms with Crippen molar-refractivity contribution in [3.05, 3.63) is 58.3 Å². The van der Waals surface area contributed by atoms with E-state index in [2.05, 4.69) is 20.7 Å². The molecule has 0 radical (unpaired) electrons. The number of methoxy groups -OCH3 is 1. The van der Waals surface area contributed by atoms with E-state index in [-0.39, 0.29) is 10.6 Å². The van der Waals surface area contributed by atoms with Gasteiger partial charge in [-0.15, -0.1) is 0 Å². The fourth-order valence-electron chi connectivity index (χ4n) is 1.95. The van der Waals surface area contributed by atoms with Crippen LogP contribution in [0.15, 0.2) is 51.8 Å². The standard InChI is InChI=1S/C15H15BrFNO3S/c1-10(11-6-7-15(21-2)14(17)8-11)18-22(19,20)13-5-3-4-12(16)9-13/h3-10,18H,1-2H3. The van der Waals surface area contributed by atoms with Crippen molar-refractivity contribution < 1.29 is 17.5 Å². The summed E-state index contributed by atoms with van der Waals surface area (Å²) >= 11 is 3.24. The first-order chi connectivity index (χ1) is 10.3. The number of nitrogens with one attached hydrogen (secondary N) is 1. The van der Waals surface area contributed by atoms with Crippen LogP contribution in [0.1, 0.15) is 18.5 Å². The van der Waals surface area contributed by atoms with Crippen molar-refractivity contribution >= 4 is 26.0 Å². The topological polar surface area (TPSA) is 55.4 Å². The molecule has 0 saturated carbocycles. The highest BCUT2D eigenvalue weighted by atomic mass is 79.9. The van der Waals surface area contributed by atoms with Gasteiger partial charge in [-0.2, -0.15) is 0 Å². The zero-order chi connectivity index (χ0) is 16.3. The minimum atomic E-state index is -3.69. The minimum absolute atomic E-state index is 0.116. The Kier molecular flexibility index (Phi) is 5.20. The number of rotatable bonds is 5. The smallest absolute Gasteiger partial charge is 0.241 e. The molecule has 0 aliphatic carbocycles. The van der Waals surface area contributed by atoms with Gasteiger partial charge in [-0.25, -0.2) is 17.5 Å². The van der Waals surface area contributed by atoms with E-state index in [1.807, 2.05) is 0 Å². The van der Waals surface area contributed by atoms with Gasteiger partial charge in [0.15, 0.2) is 11.6 Å². The normalized spacial score (nSPS) is 12.9. The van der Waals surface area contributed by atoms with Crippen LogP contribution in [0.2, 0.25) is 0 Å². The molecule has 4 nitrogen and oxygen atoms in total. The molecule has 0 aliphatic heterocycles. The molecule has 0 heterocycles. The van der Waals surface area contributed by atoms with Crippen LogP contribution in [0.5, 0.6) is 5.75 Å². The SMILES string of the molecule is COc1ccc(C(C)NS(=O)(=O)c2cccc(Br)c2)cc1F. The van der Waals surface area contributed by atoms with Gasteiger partial charge >= 0.3 is 0 Å². The highest BCUT2D eigenvalue weighted by molar-refractivity contribution is 9.10. The van der Waals surface area contributed by atoms with Gasteiger partial charge in [-0.1, -0.05) is 28.1 Å². The number of hydrogen-bond donors (Lipinski definition) is 1. The predicted molar refractivity (Wildman–Crippen MR) is 85.8 cm³/mol. The molecule has 1 N–H and O–H groups in total. The minimum Gasteiger partial charge on any atom is -0.494 e. The second-order valence-electron chi connectivity index (χ2n) is 4.69. The van der Waals surface area contributed by atoms with Crippen molar-refractivity contribution in [1.82, 2.24) is 4.72 Å². The number of benzene rings is 2. The highest BCUT2D eigenvalue weighted by Gasteiger charge is 2.19. The summed E-state index contributed by atoms with van der Waals surface area (Å²) in [5.74, 6) is -0.417. The largest absolute Gasteiger partial charge is 0.494 e. The molecular weight excluding hydrogens is 373 g/mol. The third-order valence-electron chi connectivity index (χ3n) is 3.11. The van der Waals surface area contributed by atoms with Gasteiger partial charge in [-0.3, -0.25) is 0 Å². The third-order valence-corrected chi connectivity index (χ3v) is 5.15. The molecule has 1 atom stereocenters.